The maximum atomic E-state index is 12.8. The van der Waals surface area contributed by atoms with Crippen LogP contribution in [0.3, 0.4) is 0 Å². The summed E-state index contributed by atoms with van der Waals surface area (Å²) >= 11 is 0. The van der Waals surface area contributed by atoms with E-state index < -0.39 is 0 Å². The molecule has 4 rings (SSSR count). The number of aromatic amines is 1. The van der Waals surface area contributed by atoms with Crippen molar-refractivity contribution < 1.29 is 4.79 Å². The van der Waals surface area contributed by atoms with E-state index in [0.29, 0.717) is 13.1 Å². The summed E-state index contributed by atoms with van der Waals surface area (Å²) in [6, 6.07) is 3.75. The van der Waals surface area contributed by atoms with Crippen molar-refractivity contribution in [2.75, 3.05) is 13.1 Å². The molecule has 1 fully saturated rings. The highest BCUT2D eigenvalue weighted by Crippen LogP contribution is 2.26. The molecule has 1 amide bonds. The first-order chi connectivity index (χ1) is 12.0. The van der Waals surface area contributed by atoms with E-state index in [2.05, 4.69) is 15.0 Å². The van der Waals surface area contributed by atoms with Crippen LogP contribution in [0.5, 0.6) is 0 Å². The SMILES string of the molecule is Cc1cc(C)nc(C2CCN(C(=O)c3cc4c([nH]c3=O)CCC4)C2)n1. The summed E-state index contributed by atoms with van der Waals surface area (Å²) in [7, 11) is 0. The quantitative estimate of drug-likeness (QED) is 0.907. The summed E-state index contributed by atoms with van der Waals surface area (Å²) in [6.07, 6.45) is 3.70. The molecule has 2 aromatic heterocycles. The van der Waals surface area contributed by atoms with Gasteiger partial charge in [0.05, 0.1) is 0 Å². The molecular weight excluding hydrogens is 316 g/mol. The van der Waals surface area contributed by atoms with E-state index in [9.17, 15) is 9.59 Å². The van der Waals surface area contributed by atoms with Crippen LogP contribution in [-0.4, -0.2) is 38.8 Å². The first-order valence-corrected chi connectivity index (χ1v) is 8.88. The van der Waals surface area contributed by atoms with E-state index in [-0.39, 0.29) is 22.9 Å². The van der Waals surface area contributed by atoms with Gasteiger partial charge in [0.15, 0.2) is 0 Å². The minimum atomic E-state index is -0.267. The van der Waals surface area contributed by atoms with E-state index in [1.807, 2.05) is 19.9 Å². The second-order valence-electron chi connectivity index (χ2n) is 7.12. The Bertz CT molecular complexity index is 883. The van der Waals surface area contributed by atoms with Crippen molar-refractivity contribution in [1.29, 1.82) is 0 Å². The van der Waals surface area contributed by atoms with Crippen LogP contribution in [0.15, 0.2) is 16.9 Å². The number of nitrogens with one attached hydrogen (secondary N) is 1. The Hall–Kier alpha value is -2.50. The summed E-state index contributed by atoms with van der Waals surface area (Å²) in [4.78, 5) is 38.8. The number of aromatic nitrogens is 3. The van der Waals surface area contributed by atoms with Gasteiger partial charge in [0.2, 0.25) is 0 Å². The van der Waals surface area contributed by atoms with Gasteiger partial charge in [-0.3, -0.25) is 9.59 Å². The monoisotopic (exact) mass is 338 g/mol. The Morgan fingerprint density at radius 2 is 1.96 bits per heavy atom. The second-order valence-corrected chi connectivity index (χ2v) is 7.12. The highest BCUT2D eigenvalue weighted by molar-refractivity contribution is 5.94. The molecule has 3 heterocycles. The Kier molecular flexibility index (Phi) is 3.90. The zero-order chi connectivity index (χ0) is 17.6. The number of pyridine rings is 1. The smallest absolute Gasteiger partial charge is 0.261 e. The van der Waals surface area contributed by atoms with Crippen molar-refractivity contribution in [1.82, 2.24) is 19.9 Å². The van der Waals surface area contributed by atoms with Crippen molar-refractivity contribution >= 4 is 5.91 Å². The van der Waals surface area contributed by atoms with E-state index in [4.69, 9.17) is 0 Å². The van der Waals surface area contributed by atoms with Gasteiger partial charge in [-0.25, -0.2) is 9.97 Å². The van der Waals surface area contributed by atoms with E-state index in [0.717, 1.165) is 54.2 Å². The third-order valence-corrected chi connectivity index (χ3v) is 5.16. The van der Waals surface area contributed by atoms with Crippen LogP contribution in [-0.2, 0) is 12.8 Å². The predicted molar refractivity (Wildman–Crippen MR) is 93.9 cm³/mol. The molecule has 0 bridgehead atoms. The maximum Gasteiger partial charge on any atom is 0.261 e. The van der Waals surface area contributed by atoms with Crippen LogP contribution in [0, 0.1) is 13.8 Å². The topological polar surface area (TPSA) is 79.0 Å². The molecule has 1 aliphatic carbocycles. The Morgan fingerprint density at radius 1 is 1.20 bits per heavy atom. The number of carbonyl (C=O) groups is 1. The third-order valence-electron chi connectivity index (χ3n) is 5.16. The molecule has 6 nitrogen and oxygen atoms in total. The second kappa shape index (κ2) is 6.10. The number of aryl methyl sites for hydroxylation is 4. The van der Waals surface area contributed by atoms with E-state index in [1.165, 1.54) is 0 Å². The summed E-state index contributed by atoms with van der Waals surface area (Å²) < 4.78 is 0. The number of H-pyrrole nitrogens is 1. The average molecular weight is 338 g/mol. The van der Waals surface area contributed by atoms with Gasteiger partial charge in [-0.15, -0.1) is 0 Å². The fourth-order valence-electron chi connectivity index (χ4n) is 3.93. The molecule has 1 N–H and O–H groups in total. The lowest BCUT2D eigenvalue weighted by Gasteiger charge is -2.16. The number of rotatable bonds is 2. The number of amides is 1. The molecule has 0 spiro atoms. The summed E-state index contributed by atoms with van der Waals surface area (Å²) in [5.74, 6) is 0.759. The highest BCUT2D eigenvalue weighted by Gasteiger charge is 2.31. The van der Waals surface area contributed by atoms with Crippen molar-refractivity contribution in [3.05, 3.63) is 56.5 Å². The molecule has 25 heavy (non-hydrogen) atoms. The zero-order valence-corrected chi connectivity index (χ0v) is 14.6. The summed E-state index contributed by atoms with van der Waals surface area (Å²) in [5.41, 5.74) is 3.99. The van der Waals surface area contributed by atoms with Crippen molar-refractivity contribution in [3.63, 3.8) is 0 Å². The normalized spacial score (nSPS) is 19.3. The molecule has 0 aromatic carbocycles. The Balaban J connectivity index is 1.56. The molecule has 0 saturated carbocycles. The molecule has 0 radical (unpaired) electrons. The van der Waals surface area contributed by atoms with Gasteiger partial charge in [0, 0.05) is 36.1 Å². The van der Waals surface area contributed by atoms with Crippen LogP contribution in [0.2, 0.25) is 0 Å². The molecule has 1 aliphatic heterocycles. The van der Waals surface area contributed by atoms with Crippen LogP contribution in [0.1, 0.15) is 57.6 Å². The van der Waals surface area contributed by atoms with Crippen LogP contribution in [0.25, 0.3) is 0 Å². The first kappa shape index (κ1) is 16.0. The zero-order valence-electron chi connectivity index (χ0n) is 14.6. The van der Waals surface area contributed by atoms with Crippen LogP contribution in [0.4, 0.5) is 0 Å². The lowest BCUT2D eigenvalue weighted by Crippen LogP contribution is -2.33. The van der Waals surface area contributed by atoms with Gasteiger partial charge < -0.3 is 9.88 Å². The molecular formula is C19H22N4O2. The molecule has 1 saturated heterocycles. The molecule has 1 atom stereocenters. The van der Waals surface area contributed by atoms with Gasteiger partial charge >= 0.3 is 0 Å². The molecule has 6 heteroatoms. The average Bonchev–Trinajstić information content (AvgIpc) is 3.21. The van der Waals surface area contributed by atoms with Gasteiger partial charge in [-0.05, 0) is 57.2 Å². The highest BCUT2D eigenvalue weighted by atomic mass is 16.2. The van der Waals surface area contributed by atoms with E-state index in [1.54, 1.807) is 11.0 Å². The minimum absolute atomic E-state index is 0.135. The van der Waals surface area contributed by atoms with Crippen LogP contribution >= 0.6 is 0 Å². The molecule has 1 unspecified atom stereocenters. The third kappa shape index (κ3) is 2.97. The number of nitrogens with zero attached hydrogens (tertiary/aromatic N) is 3. The minimum Gasteiger partial charge on any atom is -0.338 e. The molecule has 2 aliphatic rings. The maximum absolute atomic E-state index is 12.8. The summed E-state index contributed by atoms with van der Waals surface area (Å²) in [5, 5.41) is 0. The first-order valence-electron chi connectivity index (χ1n) is 8.88. The largest absolute Gasteiger partial charge is 0.338 e. The predicted octanol–water partition coefficient (Wildman–Crippen LogP) is 1.90. The van der Waals surface area contributed by atoms with Crippen molar-refractivity contribution in [3.8, 4) is 0 Å². The lowest BCUT2D eigenvalue weighted by molar-refractivity contribution is 0.0788. The van der Waals surface area contributed by atoms with Crippen LogP contribution < -0.4 is 5.56 Å². The van der Waals surface area contributed by atoms with Gasteiger partial charge in [0.1, 0.15) is 11.4 Å². The molecule has 130 valence electrons. The Morgan fingerprint density at radius 3 is 2.72 bits per heavy atom. The fourth-order valence-corrected chi connectivity index (χ4v) is 3.93. The number of fused-ring (bicyclic) bond motifs is 1. The lowest BCUT2D eigenvalue weighted by atomic mass is 10.1. The van der Waals surface area contributed by atoms with Gasteiger partial charge in [0.25, 0.3) is 11.5 Å². The van der Waals surface area contributed by atoms with Gasteiger partial charge in [-0.2, -0.15) is 0 Å². The van der Waals surface area contributed by atoms with Crippen molar-refractivity contribution in [2.24, 2.45) is 0 Å². The summed E-state index contributed by atoms with van der Waals surface area (Å²) in [6.45, 7) is 5.12. The fraction of sp³-hybridized carbons (Fsp3) is 0.474. The van der Waals surface area contributed by atoms with Gasteiger partial charge in [-0.1, -0.05) is 0 Å². The van der Waals surface area contributed by atoms with E-state index >= 15 is 0 Å². The van der Waals surface area contributed by atoms with Crippen molar-refractivity contribution in [2.45, 2.75) is 45.4 Å². The number of carbonyl (C=O) groups excluding carboxylic acids is 1. The number of hydrogen-bond acceptors (Lipinski definition) is 4. The molecule has 2 aromatic rings. The number of likely N-dealkylation sites (tertiary alicyclic amines) is 1. The Labute approximate surface area is 146 Å². The standard InChI is InChI=1S/C19H22N4O2/c1-11-8-12(2)21-17(20-11)14-6-7-23(10-14)19(25)15-9-13-4-3-5-16(13)22-18(15)24/h8-9,14H,3-7,10H2,1-2H3,(H,22,24). The number of hydrogen-bond donors (Lipinski definition) is 1.